The van der Waals surface area contributed by atoms with E-state index in [0.717, 1.165) is 54.6 Å². The Morgan fingerprint density at radius 3 is 1.58 bits per heavy atom. The summed E-state index contributed by atoms with van der Waals surface area (Å²) in [6, 6.07) is 33.5. The maximum Gasteiger partial charge on any atom is 0.266 e. The molecule has 5 aromatic carbocycles. The quantitative estimate of drug-likeness (QED) is 0.192. The number of para-hydroxylation sites is 1. The highest BCUT2D eigenvalue weighted by Crippen LogP contribution is 2.37. The summed E-state index contributed by atoms with van der Waals surface area (Å²) in [5.41, 5.74) is 3.88. The summed E-state index contributed by atoms with van der Waals surface area (Å²) in [7, 11) is 0. The van der Waals surface area contributed by atoms with E-state index in [1.54, 1.807) is 12.1 Å². The van der Waals surface area contributed by atoms with Gasteiger partial charge in [0.05, 0.1) is 5.52 Å². The second kappa shape index (κ2) is 6.80. The highest BCUT2D eigenvalue weighted by molar-refractivity contribution is 6.19. The lowest BCUT2D eigenvalue weighted by atomic mass is 9.94. The summed E-state index contributed by atoms with van der Waals surface area (Å²) in [4.78, 5) is 27.0. The summed E-state index contributed by atoms with van der Waals surface area (Å²) >= 11 is 0. The van der Waals surface area contributed by atoms with Gasteiger partial charge in [-0.25, -0.2) is 4.40 Å². The maximum atomic E-state index is 13.5. The van der Waals surface area contributed by atoms with E-state index in [2.05, 4.69) is 30.3 Å². The Morgan fingerprint density at radius 1 is 0.444 bits per heavy atom. The molecular formula is C32H17NO3. The number of nitrogens with zero attached hydrogens (tertiary/aromatic N) is 1. The van der Waals surface area contributed by atoms with Gasteiger partial charge >= 0.3 is 0 Å². The number of pyridine rings is 2. The van der Waals surface area contributed by atoms with Gasteiger partial charge < -0.3 is 4.42 Å². The lowest BCUT2D eigenvalue weighted by Crippen LogP contribution is -2.27. The van der Waals surface area contributed by atoms with E-state index in [0.29, 0.717) is 16.3 Å². The van der Waals surface area contributed by atoms with Crippen molar-refractivity contribution in [1.82, 2.24) is 4.40 Å². The normalized spacial score (nSPS) is 12.1. The van der Waals surface area contributed by atoms with Crippen LogP contribution in [-0.2, 0) is 0 Å². The zero-order valence-corrected chi connectivity index (χ0v) is 19.0. The molecule has 0 aliphatic rings. The number of furan rings is 1. The Hall–Kier alpha value is -4.96. The Bertz CT molecular complexity index is 2200. The summed E-state index contributed by atoms with van der Waals surface area (Å²) in [5, 5.41) is 6.68. The molecule has 0 fully saturated rings. The van der Waals surface area contributed by atoms with Crippen LogP contribution in [0.25, 0.3) is 70.9 Å². The lowest BCUT2D eigenvalue weighted by molar-refractivity contribution is 0.669. The minimum Gasteiger partial charge on any atom is -0.456 e. The summed E-state index contributed by atoms with van der Waals surface area (Å²) in [5.74, 6) is 0. The van der Waals surface area contributed by atoms with Crippen molar-refractivity contribution in [1.29, 1.82) is 0 Å². The fourth-order valence-electron chi connectivity index (χ4n) is 5.70. The highest BCUT2D eigenvalue weighted by atomic mass is 16.3. The van der Waals surface area contributed by atoms with E-state index in [4.69, 9.17) is 4.42 Å². The molecule has 0 atom stereocenters. The summed E-state index contributed by atoms with van der Waals surface area (Å²) < 4.78 is 7.39. The van der Waals surface area contributed by atoms with Gasteiger partial charge in [0.1, 0.15) is 11.2 Å². The molecule has 8 rings (SSSR count). The van der Waals surface area contributed by atoms with Gasteiger partial charge in [0.25, 0.3) is 11.1 Å². The van der Waals surface area contributed by atoms with Crippen LogP contribution in [0.5, 0.6) is 0 Å². The van der Waals surface area contributed by atoms with E-state index >= 15 is 0 Å². The molecule has 8 aromatic rings. The summed E-state index contributed by atoms with van der Waals surface area (Å²) in [6.07, 6.45) is 0. The van der Waals surface area contributed by atoms with Gasteiger partial charge in [-0.05, 0) is 64.4 Å². The molecule has 3 aromatic heterocycles. The van der Waals surface area contributed by atoms with Crippen molar-refractivity contribution in [3.63, 3.8) is 0 Å². The number of hydrogen-bond acceptors (Lipinski definition) is 3. The second-order valence-corrected chi connectivity index (χ2v) is 9.27. The Morgan fingerprint density at radius 2 is 0.944 bits per heavy atom. The minimum absolute atomic E-state index is 0.280. The third-order valence-electron chi connectivity index (χ3n) is 7.35. The van der Waals surface area contributed by atoms with E-state index in [9.17, 15) is 9.59 Å². The first kappa shape index (κ1) is 19.4. The number of rotatable bonds is 1. The van der Waals surface area contributed by atoms with E-state index in [-0.39, 0.29) is 11.1 Å². The molecule has 36 heavy (non-hydrogen) atoms. The van der Waals surface area contributed by atoms with Crippen LogP contribution in [0.3, 0.4) is 0 Å². The fourth-order valence-corrected chi connectivity index (χ4v) is 5.70. The fraction of sp³-hybridized carbons (Fsp3) is 0. The van der Waals surface area contributed by atoms with Gasteiger partial charge in [-0.15, -0.1) is 0 Å². The molecule has 0 spiro atoms. The van der Waals surface area contributed by atoms with Crippen molar-refractivity contribution >= 4 is 59.8 Å². The van der Waals surface area contributed by atoms with Crippen LogP contribution in [0.1, 0.15) is 0 Å². The van der Waals surface area contributed by atoms with Crippen molar-refractivity contribution in [2.75, 3.05) is 0 Å². The van der Waals surface area contributed by atoms with Gasteiger partial charge in [-0.1, -0.05) is 60.7 Å². The van der Waals surface area contributed by atoms with Crippen LogP contribution in [0.4, 0.5) is 0 Å². The molecule has 0 amide bonds. The molecule has 0 aliphatic carbocycles. The van der Waals surface area contributed by atoms with Gasteiger partial charge in [0.2, 0.25) is 0 Å². The van der Waals surface area contributed by atoms with Crippen LogP contribution in [0.15, 0.2) is 117 Å². The van der Waals surface area contributed by atoms with Gasteiger partial charge in [-0.3, -0.25) is 9.59 Å². The SMILES string of the molecule is O=c1c2ccccc2c2cc(-c3ccc4oc5ccccc5c4c3)cc3c4ccccc4c(=O)n1c23. The topological polar surface area (TPSA) is 51.7 Å². The van der Waals surface area contributed by atoms with Gasteiger partial charge in [-0.2, -0.15) is 0 Å². The zero-order valence-electron chi connectivity index (χ0n) is 19.0. The van der Waals surface area contributed by atoms with Gasteiger partial charge in [0.15, 0.2) is 0 Å². The minimum atomic E-state index is -0.280. The standard InChI is InChI=1S/C32H17NO3/c34-31-23-10-3-1-7-20(23)26-16-19(17-27-21-8-2-4-11-24(21)32(35)33(31)30(26)27)18-13-14-29-25(15-18)22-9-5-6-12-28(22)36-29/h1-17H. The van der Waals surface area contributed by atoms with Crippen LogP contribution in [-0.4, -0.2) is 4.40 Å². The van der Waals surface area contributed by atoms with Crippen molar-refractivity contribution in [3.05, 3.63) is 124 Å². The van der Waals surface area contributed by atoms with Crippen LogP contribution in [0.2, 0.25) is 0 Å². The molecule has 0 N–H and O–H groups in total. The van der Waals surface area contributed by atoms with E-state index in [1.165, 1.54) is 4.40 Å². The molecule has 0 aliphatic heterocycles. The van der Waals surface area contributed by atoms with E-state index < -0.39 is 0 Å². The predicted molar refractivity (Wildman–Crippen MR) is 146 cm³/mol. The van der Waals surface area contributed by atoms with Crippen molar-refractivity contribution < 1.29 is 4.42 Å². The first-order chi connectivity index (χ1) is 17.7. The molecule has 4 nitrogen and oxygen atoms in total. The Balaban J connectivity index is 1.58. The molecule has 0 bridgehead atoms. The molecule has 168 valence electrons. The number of hydrogen-bond donors (Lipinski definition) is 0. The van der Waals surface area contributed by atoms with Gasteiger partial charge in [0, 0.05) is 32.3 Å². The summed E-state index contributed by atoms with van der Waals surface area (Å²) in [6.45, 7) is 0. The van der Waals surface area contributed by atoms with Crippen molar-refractivity contribution in [2.45, 2.75) is 0 Å². The third kappa shape index (κ3) is 2.42. The van der Waals surface area contributed by atoms with E-state index in [1.807, 2.05) is 60.7 Å². The predicted octanol–water partition coefficient (Wildman–Crippen LogP) is 7.12. The zero-order chi connectivity index (χ0) is 24.0. The van der Waals surface area contributed by atoms with Crippen LogP contribution < -0.4 is 11.1 Å². The molecule has 4 heteroatoms. The smallest absolute Gasteiger partial charge is 0.266 e. The molecule has 0 saturated heterocycles. The monoisotopic (exact) mass is 463 g/mol. The third-order valence-corrected chi connectivity index (χ3v) is 7.35. The number of aromatic nitrogens is 1. The average molecular weight is 463 g/mol. The Kier molecular flexibility index (Phi) is 3.66. The first-order valence-corrected chi connectivity index (χ1v) is 11.9. The lowest BCUT2D eigenvalue weighted by Gasteiger charge is -2.15. The second-order valence-electron chi connectivity index (χ2n) is 9.27. The largest absolute Gasteiger partial charge is 0.456 e. The van der Waals surface area contributed by atoms with Crippen molar-refractivity contribution in [2.24, 2.45) is 0 Å². The van der Waals surface area contributed by atoms with Crippen LogP contribution >= 0.6 is 0 Å². The van der Waals surface area contributed by atoms with Crippen molar-refractivity contribution in [3.8, 4) is 11.1 Å². The molecule has 0 unspecified atom stereocenters. The molecular weight excluding hydrogens is 446 g/mol. The first-order valence-electron chi connectivity index (χ1n) is 11.9. The molecule has 0 radical (unpaired) electrons. The molecule has 0 saturated carbocycles. The maximum absolute atomic E-state index is 13.5. The molecule has 3 heterocycles. The average Bonchev–Trinajstić information content (AvgIpc) is 3.30. The Labute approximate surface area is 203 Å². The number of benzene rings is 5. The number of fused-ring (bicyclic) bond motifs is 7. The van der Waals surface area contributed by atoms with Crippen LogP contribution in [0, 0.1) is 0 Å². The highest BCUT2D eigenvalue weighted by Gasteiger charge is 2.18.